The molecule has 0 radical (unpaired) electrons. The van der Waals surface area contributed by atoms with Crippen molar-refractivity contribution in [3.8, 4) is 5.75 Å². The minimum atomic E-state index is -0.207. The Morgan fingerprint density at radius 1 is 1.53 bits per heavy atom. The number of phenols is 1. The molecule has 0 aromatic heterocycles. The van der Waals surface area contributed by atoms with Crippen LogP contribution in [0.15, 0.2) is 18.2 Å². The molecule has 4 N–H and O–H groups in total. The van der Waals surface area contributed by atoms with Crippen molar-refractivity contribution < 1.29 is 9.90 Å². The molecule has 1 aromatic carbocycles. The van der Waals surface area contributed by atoms with Gasteiger partial charge in [0.15, 0.2) is 0 Å². The Morgan fingerprint density at radius 3 is 2.71 bits per heavy atom. The number of phenolic OH excluding ortho intramolecular Hbond substituents is 1. The third kappa shape index (κ3) is 2.26. The number of amides is 1. The van der Waals surface area contributed by atoms with Crippen molar-refractivity contribution in [2.75, 3.05) is 6.54 Å². The van der Waals surface area contributed by atoms with Crippen molar-refractivity contribution in [1.82, 2.24) is 5.32 Å². The van der Waals surface area contributed by atoms with Crippen LogP contribution in [0.5, 0.6) is 5.75 Å². The van der Waals surface area contributed by atoms with Crippen LogP contribution in [0.25, 0.3) is 0 Å². The van der Waals surface area contributed by atoms with Gasteiger partial charge in [-0.25, -0.2) is 0 Å². The minimum absolute atomic E-state index is 0.104. The second kappa shape index (κ2) is 4.37. The molecule has 4 heteroatoms. The highest BCUT2D eigenvalue weighted by atomic mass is 16.3. The Labute approximate surface area is 101 Å². The number of carbonyl (C=O) groups excluding carboxylic acids is 1. The number of hydrogen-bond acceptors (Lipinski definition) is 3. The summed E-state index contributed by atoms with van der Waals surface area (Å²) in [6.45, 7) is 2.29. The minimum Gasteiger partial charge on any atom is -0.508 e. The van der Waals surface area contributed by atoms with Gasteiger partial charge in [0.25, 0.3) is 5.91 Å². The second-order valence-corrected chi connectivity index (χ2v) is 4.79. The van der Waals surface area contributed by atoms with E-state index < -0.39 is 0 Å². The van der Waals surface area contributed by atoms with Crippen molar-refractivity contribution >= 4 is 5.91 Å². The van der Waals surface area contributed by atoms with E-state index in [0.29, 0.717) is 12.1 Å². The number of aromatic hydroxyl groups is 1. The van der Waals surface area contributed by atoms with Crippen molar-refractivity contribution in [1.29, 1.82) is 0 Å². The van der Waals surface area contributed by atoms with E-state index in [1.54, 1.807) is 12.1 Å². The quantitative estimate of drug-likeness (QED) is 0.738. The summed E-state index contributed by atoms with van der Waals surface area (Å²) < 4.78 is 0. The molecule has 92 valence electrons. The van der Waals surface area contributed by atoms with Gasteiger partial charge in [0, 0.05) is 12.1 Å². The Balaban J connectivity index is 2.14. The normalized spacial score (nSPS) is 17.3. The average Bonchev–Trinajstić information content (AvgIpc) is 2.23. The van der Waals surface area contributed by atoms with Gasteiger partial charge in [0.2, 0.25) is 0 Å². The molecular formula is C13H18N2O2. The van der Waals surface area contributed by atoms with Crippen LogP contribution in [-0.2, 0) is 0 Å². The zero-order valence-corrected chi connectivity index (χ0v) is 9.99. The van der Waals surface area contributed by atoms with E-state index in [9.17, 15) is 9.90 Å². The molecule has 0 spiro atoms. The molecule has 1 fully saturated rings. The van der Waals surface area contributed by atoms with Gasteiger partial charge in [0.05, 0.1) is 5.54 Å². The summed E-state index contributed by atoms with van der Waals surface area (Å²) in [5, 5.41) is 12.3. The van der Waals surface area contributed by atoms with Crippen LogP contribution in [-0.4, -0.2) is 23.1 Å². The highest BCUT2D eigenvalue weighted by Crippen LogP contribution is 2.31. The fourth-order valence-corrected chi connectivity index (χ4v) is 2.19. The van der Waals surface area contributed by atoms with E-state index in [2.05, 4.69) is 5.32 Å². The number of aryl methyl sites for hydroxylation is 1. The molecule has 0 atom stereocenters. The first kappa shape index (κ1) is 11.9. The lowest BCUT2D eigenvalue weighted by molar-refractivity contribution is 0.0837. The van der Waals surface area contributed by atoms with E-state index in [4.69, 9.17) is 5.73 Å². The molecular weight excluding hydrogens is 216 g/mol. The molecule has 1 aromatic rings. The predicted octanol–water partition coefficient (Wildman–Crippen LogP) is 1.31. The average molecular weight is 234 g/mol. The molecule has 17 heavy (non-hydrogen) atoms. The van der Waals surface area contributed by atoms with Crippen LogP contribution in [0, 0.1) is 6.92 Å². The second-order valence-electron chi connectivity index (χ2n) is 4.79. The smallest absolute Gasteiger partial charge is 0.252 e. The van der Waals surface area contributed by atoms with E-state index in [0.717, 1.165) is 24.8 Å². The standard InChI is InChI=1S/C13H18N2O2/c1-9-7-10(16)3-4-11(9)12(17)15-13(8-14)5-2-6-13/h3-4,7,16H,2,5-6,8,14H2,1H3,(H,15,17). The first-order chi connectivity index (χ1) is 8.06. The number of benzene rings is 1. The summed E-state index contributed by atoms with van der Waals surface area (Å²) in [4.78, 5) is 12.1. The van der Waals surface area contributed by atoms with Crippen LogP contribution < -0.4 is 11.1 Å². The Hall–Kier alpha value is -1.55. The lowest BCUT2D eigenvalue weighted by Gasteiger charge is -2.41. The fourth-order valence-electron chi connectivity index (χ4n) is 2.19. The highest BCUT2D eigenvalue weighted by Gasteiger charge is 2.37. The van der Waals surface area contributed by atoms with Crippen LogP contribution >= 0.6 is 0 Å². The molecule has 0 aliphatic heterocycles. The molecule has 1 saturated carbocycles. The molecule has 1 aliphatic carbocycles. The van der Waals surface area contributed by atoms with Crippen LogP contribution in [0.2, 0.25) is 0 Å². The Morgan fingerprint density at radius 2 is 2.24 bits per heavy atom. The van der Waals surface area contributed by atoms with Gasteiger partial charge < -0.3 is 16.2 Å². The lowest BCUT2D eigenvalue weighted by atomic mass is 9.76. The first-order valence-electron chi connectivity index (χ1n) is 5.88. The summed E-state index contributed by atoms with van der Waals surface area (Å²) >= 11 is 0. The fraction of sp³-hybridized carbons (Fsp3) is 0.462. The number of rotatable bonds is 3. The third-order valence-corrected chi connectivity index (χ3v) is 3.53. The van der Waals surface area contributed by atoms with E-state index in [1.165, 1.54) is 6.07 Å². The zero-order valence-electron chi connectivity index (χ0n) is 9.99. The summed E-state index contributed by atoms with van der Waals surface area (Å²) in [5.41, 5.74) is 6.87. The van der Waals surface area contributed by atoms with Gasteiger partial charge in [-0.1, -0.05) is 0 Å². The van der Waals surface area contributed by atoms with Gasteiger partial charge >= 0.3 is 0 Å². The highest BCUT2D eigenvalue weighted by molar-refractivity contribution is 5.96. The van der Waals surface area contributed by atoms with Crippen LogP contribution in [0.3, 0.4) is 0 Å². The molecule has 0 bridgehead atoms. The largest absolute Gasteiger partial charge is 0.508 e. The van der Waals surface area contributed by atoms with E-state index in [-0.39, 0.29) is 17.2 Å². The maximum Gasteiger partial charge on any atom is 0.252 e. The van der Waals surface area contributed by atoms with Crippen molar-refractivity contribution in [2.45, 2.75) is 31.7 Å². The molecule has 0 saturated heterocycles. The number of nitrogens with one attached hydrogen (secondary N) is 1. The third-order valence-electron chi connectivity index (χ3n) is 3.53. The molecule has 4 nitrogen and oxygen atoms in total. The SMILES string of the molecule is Cc1cc(O)ccc1C(=O)NC1(CN)CCC1. The van der Waals surface area contributed by atoms with Gasteiger partial charge in [-0.3, -0.25) is 4.79 Å². The number of nitrogens with two attached hydrogens (primary N) is 1. The molecule has 1 amide bonds. The topological polar surface area (TPSA) is 75.3 Å². The van der Waals surface area contributed by atoms with Crippen LogP contribution in [0.4, 0.5) is 0 Å². The summed E-state index contributed by atoms with van der Waals surface area (Å²) in [6, 6.07) is 4.76. The van der Waals surface area contributed by atoms with Gasteiger partial charge in [0.1, 0.15) is 5.75 Å². The molecule has 0 unspecified atom stereocenters. The summed E-state index contributed by atoms with van der Waals surface area (Å²) in [5.74, 6) is 0.0730. The van der Waals surface area contributed by atoms with E-state index >= 15 is 0 Å². The van der Waals surface area contributed by atoms with Crippen molar-refractivity contribution in [3.63, 3.8) is 0 Å². The zero-order chi connectivity index (χ0) is 12.5. The lowest BCUT2D eigenvalue weighted by Crippen LogP contribution is -2.58. The maximum absolute atomic E-state index is 12.1. The van der Waals surface area contributed by atoms with Gasteiger partial charge in [-0.05, 0) is 49.9 Å². The monoisotopic (exact) mass is 234 g/mol. The number of hydrogen-bond donors (Lipinski definition) is 3. The summed E-state index contributed by atoms with van der Waals surface area (Å²) in [7, 11) is 0. The van der Waals surface area contributed by atoms with Crippen molar-refractivity contribution in [3.05, 3.63) is 29.3 Å². The van der Waals surface area contributed by atoms with E-state index in [1.807, 2.05) is 6.92 Å². The number of carbonyl (C=O) groups is 1. The van der Waals surface area contributed by atoms with Crippen LogP contribution in [0.1, 0.15) is 35.2 Å². The van der Waals surface area contributed by atoms with Gasteiger partial charge in [-0.15, -0.1) is 0 Å². The van der Waals surface area contributed by atoms with Gasteiger partial charge in [-0.2, -0.15) is 0 Å². The Kier molecular flexibility index (Phi) is 3.07. The first-order valence-corrected chi connectivity index (χ1v) is 5.88. The molecule has 1 aliphatic rings. The summed E-state index contributed by atoms with van der Waals surface area (Å²) in [6.07, 6.45) is 3.02. The maximum atomic E-state index is 12.1. The molecule has 2 rings (SSSR count). The predicted molar refractivity (Wildman–Crippen MR) is 65.9 cm³/mol. The molecule has 0 heterocycles. The van der Waals surface area contributed by atoms with Crippen molar-refractivity contribution in [2.24, 2.45) is 5.73 Å². The Bertz CT molecular complexity index is 434.